The van der Waals surface area contributed by atoms with Crippen LogP contribution in [0.3, 0.4) is 0 Å². The van der Waals surface area contributed by atoms with Crippen LogP contribution in [0.5, 0.6) is 0 Å². The first-order valence-electron chi connectivity index (χ1n) is 7.75. The summed E-state index contributed by atoms with van der Waals surface area (Å²) in [7, 11) is 0. The number of amides is 1. The smallest absolute Gasteiger partial charge is 0.257 e. The van der Waals surface area contributed by atoms with E-state index < -0.39 is 11.7 Å². The molecule has 3 aromatic rings. The van der Waals surface area contributed by atoms with Gasteiger partial charge in [0.15, 0.2) is 0 Å². The van der Waals surface area contributed by atoms with Crippen LogP contribution in [-0.2, 0) is 0 Å². The van der Waals surface area contributed by atoms with Crippen molar-refractivity contribution < 1.29 is 9.18 Å². The van der Waals surface area contributed by atoms with Gasteiger partial charge in [-0.15, -0.1) is 6.42 Å². The molecule has 0 saturated heterocycles. The monoisotopic (exact) mass is 375 g/mol. The lowest BCUT2D eigenvalue weighted by Gasteiger charge is -2.12. The third-order valence-electron chi connectivity index (χ3n) is 3.79. The molecule has 1 heterocycles. The fourth-order valence-electron chi connectivity index (χ4n) is 2.49. The molecule has 0 atom stereocenters. The summed E-state index contributed by atoms with van der Waals surface area (Å²) in [5, 5.41) is 12.0. The molecule has 0 fully saturated rings. The highest BCUT2D eigenvalue weighted by molar-refractivity contribution is 6.30. The van der Waals surface area contributed by atoms with E-state index in [0.717, 1.165) is 6.07 Å². The third kappa shape index (κ3) is 3.95. The average molecular weight is 376 g/mol. The molecule has 6 heteroatoms. The Morgan fingerprint density at radius 1 is 1.11 bits per heavy atom. The van der Waals surface area contributed by atoms with Crippen LogP contribution in [0.2, 0.25) is 5.02 Å². The molecule has 0 bridgehead atoms. The number of aromatic nitrogens is 1. The zero-order valence-corrected chi connectivity index (χ0v) is 14.6. The van der Waals surface area contributed by atoms with Gasteiger partial charge >= 0.3 is 0 Å². The van der Waals surface area contributed by atoms with E-state index in [9.17, 15) is 9.18 Å². The van der Waals surface area contributed by atoms with Gasteiger partial charge in [0.2, 0.25) is 0 Å². The normalized spacial score (nSPS) is 9.93. The molecular formula is C21H11ClFN3O. The van der Waals surface area contributed by atoms with Gasteiger partial charge in [0.05, 0.1) is 16.7 Å². The highest BCUT2D eigenvalue weighted by Crippen LogP contribution is 2.28. The Balaban J connectivity index is 2.06. The molecule has 2 aromatic carbocycles. The minimum Gasteiger partial charge on any atom is -0.307 e. The number of nitrogens with zero attached hydrogens (tertiary/aromatic N) is 2. The van der Waals surface area contributed by atoms with Gasteiger partial charge in [-0.3, -0.25) is 4.79 Å². The van der Waals surface area contributed by atoms with Crippen LogP contribution in [0.25, 0.3) is 11.1 Å². The van der Waals surface area contributed by atoms with E-state index in [0.29, 0.717) is 22.0 Å². The Kier molecular flexibility index (Phi) is 5.17. The molecule has 130 valence electrons. The van der Waals surface area contributed by atoms with E-state index >= 15 is 0 Å². The lowest BCUT2D eigenvalue weighted by molar-refractivity contribution is 0.102. The lowest BCUT2D eigenvalue weighted by atomic mass is 9.96. The Bertz CT molecular complexity index is 1110. The van der Waals surface area contributed by atoms with Crippen molar-refractivity contribution in [2.24, 2.45) is 0 Å². The molecule has 0 unspecified atom stereocenters. The van der Waals surface area contributed by atoms with Gasteiger partial charge in [-0.2, -0.15) is 5.26 Å². The van der Waals surface area contributed by atoms with E-state index in [1.54, 1.807) is 24.3 Å². The number of benzene rings is 2. The number of nitriles is 1. The first-order valence-corrected chi connectivity index (χ1v) is 8.13. The van der Waals surface area contributed by atoms with Crippen LogP contribution in [0.1, 0.15) is 21.5 Å². The molecule has 0 saturated carbocycles. The number of carbonyl (C=O) groups is 1. The Hall–Kier alpha value is -3.67. The molecule has 27 heavy (non-hydrogen) atoms. The summed E-state index contributed by atoms with van der Waals surface area (Å²) in [5.74, 6) is 1.64. The van der Waals surface area contributed by atoms with Crippen molar-refractivity contribution in [3.8, 4) is 29.5 Å². The number of pyridine rings is 1. The van der Waals surface area contributed by atoms with Crippen LogP contribution >= 0.6 is 11.6 Å². The maximum atomic E-state index is 14.5. The number of terminal acetylenes is 1. The summed E-state index contributed by atoms with van der Waals surface area (Å²) in [6.45, 7) is 0. The maximum Gasteiger partial charge on any atom is 0.257 e. The highest BCUT2D eigenvalue weighted by Gasteiger charge is 2.17. The number of nitrogens with one attached hydrogen (secondary N) is 1. The summed E-state index contributed by atoms with van der Waals surface area (Å²) in [4.78, 5) is 16.8. The molecule has 1 N–H and O–H groups in total. The van der Waals surface area contributed by atoms with Crippen LogP contribution in [0.15, 0.2) is 54.7 Å². The van der Waals surface area contributed by atoms with Gasteiger partial charge in [0.1, 0.15) is 11.6 Å². The molecule has 0 aliphatic carbocycles. The van der Waals surface area contributed by atoms with Crippen molar-refractivity contribution in [1.29, 1.82) is 5.26 Å². The molecule has 0 radical (unpaired) electrons. The SMILES string of the molecule is C#Cc1ccc(-c2ccc(C#N)cc2F)c(C(=O)Nc2ccc(Cl)cn2)c1. The highest BCUT2D eigenvalue weighted by atomic mass is 35.5. The quantitative estimate of drug-likeness (QED) is 0.678. The molecular weight excluding hydrogens is 365 g/mol. The van der Waals surface area contributed by atoms with Crippen molar-refractivity contribution in [2.75, 3.05) is 5.32 Å². The molecule has 0 spiro atoms. The summed E-state index contributed by atoms with van der Waals surface area (Å²) in [6.07, 6.45) is 6.82. The molecule has 0 aliphatic heterocycles. The van der Waals surface area contributed by atoms with Gasteiger partial charge in [-0.1, -0.05) is 29.7 Å². The zero-order chi connectivity index (χ0) is 19.4. The Labute approximate surface area is 160 Å². The molecule has 1 aromatic heterocycles. The van der Waals surface area contributed by atoms with E-state index in [-0.39, 0.29) is 16.7 Å². The first-order chi connectivity index (χ1) is 13.0. The number of hydrogen-bond donors (Lipinski definition) is 1. The minimum atomic E-state index is -0.610. The number of rotatable bonds is 3. The second kappa shape index (κ2) is 7.70. The predicted molar refractivity (Wildman–Crippen MR) is 102 cm³/mol. The van der Waals surface area contributed by atoms with Crippen LogP contribution in [0.4, 0.5) is 10.2 Å². The third-order valence-corrected chi connectivity index (χ3v) is 4.01. The lowest BCUT2D eigenvalue weighted by Crippen LogP contribution is -2.14. The fraction of sp³-hybridized carbons (Fsp3) is 0. The summed E-state index contributed by atoms with van der Waals surface area (Å²) < 4.78 is 14.5. The molecule has 1 amide bonds. The van der Waals surface area contributed by atoms with Gasteiger partial charge in [-0.05, 0) is 42.0 Å². The topological polar surface area (TPSA) is 65.8 Å². The second-order valence-corrected chi connectivity index (χ2v) is 5.96. The van der Waals surface area contributed by atoms with Crippen molar-refractivity contribution in [2.45, 2.75) is 0 Å². The maximum absolute atomic E-state index is 14.5. The second-order valence-electron chi connectivity index (χ2n) is 5.53. The minimum absolute atomic E-state index is 0.186. The summed E-state index contributed by atoms with van der Waals surface area (Å²) >= 11 is 5.79. The van der Waals surface area contributed by atoms with E-state index in [1.165, 1.54) is 24.4 Å². The van der Waals surface area contributed by atoms with Crippen molar-refractivity contribution in [3.05, 3.63) is 82.3 Å². The first kappa shape index (κ1) is 18.1. The summed E-state index contributed by atoms with van der Waals surface area (Å²) in [5.41, 5.74) is 1.38. The fourth-order valence-corrected chi connectivity index (χ4v) is 2.61. The van der Waals surface area contributed by atoms with E-state index in [2.05, 4.69) is 16.2 Å². The number of hydrogen-bond acceptors (Lipinski definition) is 3. The van der Waals surface area contributed by atoms with Crippen LogP contribution in [0, 0.1) is 29.5 Å². The molecule has 0 aliphatic rings. The Morgan fingerprint density at radius 2 is 1.85 bits per heavy atom. The average Bonchev–Trinajstić information content (AvgIpc) is 2.69. The molecule has 3 rings (SSSR count). The van der Waals surface area contributed by atoms with Gasteiger partial charge in [-0.25, -0.2) is 9.37 Å². The van der Waals surface area contributed by atoms with Crippen LogP contribution in [-0.4, -0.2) is 10.9 Å². The zero-order valence-electron chi connectivity index (χ0n) is 13.8. The Morgan fingerprint density at radius 3 is 2.48 bits per heavy atom. The number of anilines is 1. The van der Waals surface area contributed by atoms with Crippen molar-refractivity contribution in [3.63, 3.8) is 0 Å². The standard InChI is InChI=1S/C21H11ClFN3O/c1-2-13-3-6-16(17-7-4-14(11-24)10-19(17)23)18(9-13)21(27)26-20-8-5-15(22)12-25-20/h1,3-10,12H,(H,25,26,27). The van der Waals surface area contributed by atoms with Crippen molar-refractivity contribution >= 4 is 23.3 Å². The predicted octanol–water partition coefficient (Wildman–Crippen LogP) is 4.65. The van der Waals surface area contributed by atoms with E-state index in [1.807, 2.05) is 6.07 Å². The van der Waals surface area contributed by atoms with Gasteiger partial charge in [0, 0.05) is 22.9 Å². The summed E-state index contributed by atoms with van der Waals surface area (Å²) in [6, 6.07) is 13.8. The van der Waals surface area contributed by atoms with Crippen LogP contribution < -0.4 is 5.32 Å². The van der Waals surface area contributed by atoms with Gasteiger partial charge in [0.25, 0.3) is 5.91 Å². The van der Waals surface area contributed by atoms with E-state index in [4.69, 9.17) is 23.3 Å². The largest absolute Gasteiger partial charge is 0.307 e. The van der Waals surface area contributed by atoms with Gasteiger partial charge < -0.3 is 5.32 Å². The van der Waals surface area contributed by atoms with Crippen molar-refractivity contribution in [1.82, 2.24) is 4.98 Å². The number of halogens is 2. The molecule has 4 nitrogen and oxygen atoms in total. The number of carbonyl (C=O) groups excluding carboxylic acids is 1.